The van der Waals surface area contributed by atoms with Crippen molar-refractivity contribution >= 4 is 34.5 Å². The number of unbranched alkanes of at least 4 members (excludes halogenated alkanes) is 1. The van der Waals surface area contributed by atoms with Gasteiger partial charge in [0.05, 0.1) is 18.4 Å². The number of aromatic nitrogens is 1. The molecule has 30 heavy (non-hydrogen) atoms. The fourth-order valence-corrected chi connectivity index (χ4v) is 4.35. The van der Waals surface area contributed by atoms with Crippen molar-refractivity contribution in [2.24, 2.45) is 9.98 Å². The van der Waals surface area contributed by atoms with E-state index in [1.54, 1.807) is 18.4 Å². The van der Waals surface area contributed by atoms with Gasteiger partial charge in [0.15, 0.2) is 10.6 Å². The number of hydrogen-bond acceptors (Lipinski definition) is 3. The van der Waals surface area contributed by atoms with Crippen LogP contribution in [0, 0.1) is 20.8 Å². The van der Waals surface area contributed by atoms with Crippen molar-refractivity contribution in [3.8, 4) is 5.75 Å². The molecule has 3 rings (SSSR count). The van der Waals surface area contributed by atoms with Crippen LogP contribution < -0.4 is 9.54 Å². The van der Waals surface area contributed by atoms with Crippen molar-refractivity contribution in [3.05, 3.63) is 74.0 Å². The Balaban J connectivity index is 2.25. The predicted octanol–water partition coefficient (Wildman–Crippen LogP) is 6.62. The zero-order valence-electron chi connectivity index (χ0n) is 18.2. The molecule has 1 heterocycles. The summed E-state index contributed by atoms with van der Waals surface area (Å²) in [6, 6.07) is 13.6. The first-order valence-electron chi connectivity index (χ1n) is 10.1. The monoisotopic (exact) mass is 441 g/mol. The molecule has 0 amide bonds. The van der Waals surface area contributed by atoms with E-state index >= 15 is 0 Å². The van der Waals surface area contributed by atoms with Crippen molar-refractivity contribution in [1.29, 1.82) is 0 Å². The van der Waals surface area contributed by atoms with Crippen molar-refractivity contribution < 1.29 is 4.74 Å². The zero-order valence-corrected chi connectivity index (χ0v) is 19.8. The molecule has 0 saturated heterocycles. The van der Waals surface area contributed by atoms with Gasteiger partial charge in [-0.05, 0) is 63.1 Å². The van der Waals surface area contributed by atoms with Crippen LogP contribution in [0.2, 0.25) is 5.02 Å². The lowest BCUT2D eigenvalue weighted by atomic mass is 10.1. The Labute approximate surface area is 187 Å². The molecule has 0 unspecified atom stereocenters. The Kier molecular flexibility index (Phi) is 7.51. The maximum absolute atomic E-state index is 6.32. The minimum absolute atomic E-state index is 0.589. The van der Waals surface area contributed by atoms with Crippen LogP contribution >= 0.6 is 22.9 Å². The average Bonchev–Trinajstić information content (AvgIpc) is 2.98. The number of amidine groups is 1. The van der Waals surface area contributed by atoms with Crippen LogP contribution in [0.3, 0.4) is 0 Å². The van der Waals surface area contributed by atoms with Crippen LogP contribution in [-0.4, -0.2) is 17.5 Å². The summed E-state index contributed by atoms with van der Waals surface area (Å²) in [5.41, 5.74) is 4.02. The van der Waals surface area contributed by atoms with Gasteiger partial charge in [0.25, 0.3) is 0 Å². The van der Waals surface area contributed by atoms with E-state index < -0.39 is 0 Å². The van der Waals surface area contributed by atoms with Crippen molar-refractivity contribution in [1.82, 2.24) is 4.57 Å². The van der Waals surface area contributed by atoms with Gasteiger partial charge in [-0.3, -0.25) is 0 Å². The Morgan fingerprint density at radius 3 is 2.63 bits per heavy atom. The van der Waals surface area contributed by atoms with Gasteiger partial charge in [-0.15, -0.1) is 11.3 Å². The molecule has 0 aliphatic carbocycles. The molecule has 0 N–H and O–H groups in total. The highest BCUT2D eigenvalue weighted by Crippen LogP contribution is 2.26. The fraction of sp³-hybridized carbons (Fsp3) is 0.333. The SMILES string of the molecule is CCCCn1c(C)c(C)s/c1=N\C(=N\c1cccc(C)c1)c1cc(Cl)ccc1OC. The second-order valence-corrected chi connectivity index (χ2v) is 8.88. The summed E-state index contributed by atoms with van der Waals surface area (Å²) in [6.45, 7) is 9.49. The largest absolute Gasteiger partial charge is 0.496 e. The number of nitrogens with zero attached hydrogens (tertiary/aromatic N) is 3. The summed E-state index contributed by atoms with van der Waals surface area (Å²) in [4.78, 5) is 12.1. The molecule has 2 aromatic carbocycles. The maximum Gasteiger partial charge on any atom is 0.191 e. The molecule has 158 valence electrons. The Morgan fingerprint density at radius 1 is 1.13 bits per heavy atom. The van der Waals surface area contributed by atoms with E-state index in [9.17, 15) is 0 Å². The van der Waals surface area contributed by atoms with Gasteiger partial charge in [-0.1, -0.05) is 37.1 Å². The number of rotatable bonds is 6. The molecular weight excluding hydrogens is 414 g/mol. The van der Waals surface area contributed by atoms with Gasteiger partial charge in [-0.25, -0.2) is 9.98 Å². The molecule has 3 aromatic rings. The number of aryl methyl sites for hydroxylation is 2. The highest BCUT2D eigenvalue weighted by molar-refractivity contribution is 7.09. The summed E-state index contributed by atoms with van der Waals surface area (Å²) < 4.78 is 7.89. The molecule has 0 bridgehead atoms. The van der Waals surface area contributed by atoms with Crippen molar-refractivity contribution in [2.45, 2.75) is 47.1 Å². The first kappa shape index (κ1) is 22.3. The molecule has 0 aliphatic rings. The molecule has 0 fully saturated rings. The van der Waals surface area contributed by atoms with Crippen LogP contribution in [0.4, 0.5) is 5.69 Å². The second-order valence-electron chi connectivity index (χ2n) is 7.26. The number of hydrogen-bond donors (Lipinski definition) is 0. The van der Waals surface area contributed by atoms with Gasteiger partial charge < -0.3 is 9.30 Å². The van der Waals surface area contributed by atoms with E-state index in [2.05, 4.69) is 38.3 Å². The lowest BCUT2D eigenvalue weighted by Crippen LogP contribution is -2.19. The van der Waals surface area contributed by atoms with Crippen LogP contribution in [0.15, 0.2) is 52.4 Å². The molecular formula is C24H28ClN3OS. The fourth-order valence-electron chi connectivity index (χ4n) is 3.17. The van der Waals surface area contributed by atoms with E-state index in [0.717, 1.165) is 41.0 Å². The van der Waals surface area contributed by atoms with Gasteiger partial charge in [0.2, 0.25) is 0 Å². The van der Waals surface area contributed by atoms with Gasteiger partial charge in [-0.2, -0.15) is 0 Å². The van der Waals surface area contributed by atoms with E-state index in [1.165, 1.54) is 10.6 Å². The minimum Gasteiger partial charge on any atom is -0.496 e. The Hall–Kier alpha value is -2.37. The molecule has 0 atom stereocenters. The Bertz CT molecular complexity index is 1130. The van der Waals surface area contributed by atoms with Crippen LogP contribution in [0.25, 0.3) is 0 Å². The lowest BCUT2D eigenvalue weighted by molar-refractivity contribution is 0.414. The minimum atomic E-state index is 0.589. The summed E-state index contributed by atoms with van der Waals surface area (Å²) >= 11 is 8.01. The first-order valence-corrected chi connectivity index (χ1v) is 11.3. The predicted molar refractivity (Wildman–Crippen MR) is 128 cm³/mol. The summed E-state index contributed by atoms with van der Waals surface area (Å²) in [7, 11) is 1.65. The highest BCUT2D eigenvalue weighted by Gasteiger charge is 2.13. The molecule has 0 radical (unpaired) electrons. The normalized spacial score (nSPS) is 12.5. The lowest BCUT2D eigenvalue weighted by Gasteiger charge is -2.10. The summed E-state index contributed by atoms with van der Waals surface area (Å²) in [5.74, 6) is 1.28. The summed E-state index contributed by atoms with van der Waals surface area (Å²) in [6.07, 6.45) is 2.24. The third-order valence-electron chi connectivity index (χ3n) is 4.97. The van der Waals surface area contributed by atoms with E-state index in [0.29, 0.717) is 16.6 Å². The highest BCUT2D eigenvalue weighted by atomic mass is 35.5. The number of aliphatic imine (C=N–C) groups is 1. The number of methoxy groups -OCH3 is 1. The first-order chi connectivity index (χ1) is 14.4. The van der Waals surface area contributed by atoms with Crippen LogP contribution in [0.1, 0.15) is 41.5 Å². The average molecular weight is 442 g/mol. The number of ether oxygens (including phenoxy) is 1. The molecule has 6 heteroatoms. The maximum atomic E-state index is 6.32. The molecule has 0 spiro atoms. The third kappa shape index (κ3) is 5.21. The van der Waals surface area contributed by atoms with Gasteiger partial charge >= 0.3 is 0 Å². The molecule has 1 aromatic heterocycles. The van der Waals surface area contributed by atoms with E-state index in [4.69, 9.17) is 26.3 Å². The van der Waals surface area contributed by atoms with Crippen LogP contribution in [-0.2, 0) is 6.54 Å². The topological polar surface area (TPSA) is 38.9 Å². The van der Waals surface area contributed by atoms with E-state index in [-0.39, 0.29) is 0 Å². The van der Waals surface area contributed by atoms with Crippen molar-refractivity contribution in [2.75, 3.05) is 7.11 Å². The molecule has 0 saturated carbocycles. The van der Waals surface area contributed by atoms with E-state index in [1.807, 2.05) is 36.4 Å². The quantitative estimate of drug-likeness (QED) is 0.313. The summed E-state index contributed by atoms with van der Waals surface area (Å²) in [5, 5.41) is 0.621. The number of halogens is 1. The second kappa shape index (κ2) is 10.1. The standard InChI is InChI=1S/C24H28ClN3OS/c1-6-7-13-28-17(3)18(4)30-24(28)27-23(26-20-10-8-9-16(2)14-20)21-15-19(25)11-12-22(21)29-5/h8-12,14-15H,6-7,13H2,1-5H3/b26-23+,27-24-. The third-order valence-corrected chi connectivity index (χ3v) is 6.30. The molecule has 4 nitrogen and oxygen atoms in total. The smallest absolute Gasteiger partial charge is 0.191 e. The Morgan fingerprint density at radius 2 is 1.93 bits per heavy atom. The van der Waals surface area contributed by atoms with Gasteiger partial charge in [0, 0.05) is 22.1 Å². The van der Waals surface area contributed by atoms with Crippen LogP contribution in [0.5, 0.6) is 5.75 Å². The number of thiazole rings is 1. The van der Waals surface area contributed by atoms with Gasteiger partial charge in [0.1, 0.15) is 5.75 Å². The van der Waals surface area contributed by atoms with Crippen molar-refractivity contribution in [3.63, 3.8) is 0 Å². The number of benzene rings is 2. The molecule has 0 aliphatic heterocycles. The zero-order chi connectivity index (χ0) is 21.7.